The number of nitro benzene ring substituents is 1. The molecule has 0 saturated carbocycles. The van der Waals surface area contributed by atoms with Crippen LogP contribution >= 0.6 is 0 Å². The van der Waals surface area contributed by atoms with Crippen LogP contribution in [0.4, 0.5) is 10.1 Å². The van der Waals surface area contributed by atoms with E-state index < -0.39 is 10.7 Å². The van der Waals surface area contributed by atoms with E-state index in [-0.39, 0.29) is 11.5 Å². The quantitative estimate of drug-likeness (QED) is 0.287. The van der Waals surface area contributed by atoms with Crippen LogP contribution in [0.15, 0.2) is 71.2 Å². The van der Waals surface area contributed by atoms with E-state index in [0.717, 1.165) is 0 Å². The van der Waals surface area contributed by atoms with E-state index in [2.05, 4.69) is 0 Å². The van der Waals surface area contributed by atoms with Gasteiger partial charge in [0.25, 0.3) is 5.69 Å². The van der Waals surface area contributed by atoms with Crippen molar-refractivity contribution in [3.63, 3.8) is 0 Å². The summed E-state index contributed by atoms with van der Waals surface area (Å²) in [5.74, 6) is -0.00547. The Kier molecular flexibility index (Phi) is 4.52. The van der Waals surface area contributed by atoms with Gasteiger partial charge in [0, 0.05) is 11.6 Å². The Morgan fingerprint density at radius 2 is 1.76 bits per heavy atom. The minimum atomic E-state index is -0.481. The maximum absolute atomic E-state index is 12.9. The molecule has 0 saturated heterocycles. The Morgan fingerprint density at radius 1 is 1.04 bits per heavy atom. The van der Waals surface area contributed by atoms with E-state index in [0.29, 0.717) is 22.6 Å². The normalized spacial score (nSPS) is 10.9. The first-order valence-electron chi connectivity index (χ1n) is 7.36. The Balaban J connectivity index is 1.81. The number of nitrogens with zero attached hydrogens (tertiary/aromatic N) is 1. The molecule has 0 spiro atoms. The second kappa shape index (κ2) is 6.92. The monoisotopic (exact) mass is 337 g/mol. The number of allylic oxidation sites excluding steroid dienone is 1. The summed E-state index contributed by atoms with van der Waals surface area (Å²) >= 11 is 0. The van der Waals surface area contributed by atoms with Crippen LogP contribution in [0.3, 0.4) is 0 Å². The fourth-order valence-corrected chi connectivity index (χ4v) is 2.30. The van der Waals surface area contributed by atoms with Crippen LogP contribution in [0.25, 0.3) is 17.4 Å². The molecule has 0 N–H and O–H groups in total. The molecule has 0 unspecified atom stereocenters. The number of carbonyl (C=O) groups is 1. The molecule has 1 aromatic heterocycles. The summed E-state index contributed by atoms with van der Waals surface area (Å²) in [6.07, 6.45) is 2.76. The van der Waals surface area contributed by atoms with Gasteiger partial charge in [-0.2, -0.15) is 0 Å². The van der Waals surface area contributed by atoms with Gasteiger partial charge < -0.3 is 4.42 Å². The summed E-state index contributed by atoms with van der Waals surface area (Å²) in [6.45, 7) is 0. The summed E-state index contributed by atoms with van der Waals surface area (Å²) in [5, 5.41) is 11.1. The third-order valence-electron chi connectivity index (χ3n) is 3.52. The van der Waals surface area contributed by atoms with Gasteiger partial charge in [0.2, 0.25) is 0 Å². The van der Waals surface area contributed by atoms with Crippen molar-refractivity contribution in [3.05, 3.63) is 94.0 Å². The van der Waals surface area contributed by atoms with Crippen LogP contribution in [-0.2, 0) is 0 Å². The first kappa shape index (κ1) is 16.3. The van der Waals surface area contributed by atoms with Gasteiger partial charge in [0.05, 0.1) is 10.5 Å². The number of rotatable bonds is 5. The first-order chi connectivity index (χ1) is 12.0. The van der Waals surface area contributed by atoms with E-state index in [1.165, 1.54) is 42.5 Å². The summed E-state index contributed by atoms with van der Waals surface area (Å²) in [5.41, 5.74) is 0.648. The van der Waals surface area contributed by atoms with Crippen molar-refractivity contribution in [2.75, 3.05) is 0 Å². The summed E-state index contributed by atoms with van der Waals surface area (Å²) in [4.78, 5) is 22.6. The van der Waals surface area contributed by atoms with E-state index in [4.69, 9.17) is 4.42 Å². The number of nitro groups is 1. The Hall–Kier alpha value is -3.54. The topological polar surface area (TPSA) is 73.3 Å². The number of para-hydroxylation sites is 1. The smallest absolute Gasteiger partial charge is 0.280 e. The summed E-state index contributed by atoms with van der Waals surface area (Å²) in [7, 11) is 0. The molecule has 0 aliphatic rings. The molecule has 5 nitrogen and oxygen atoms in total. The number of furan rings is 1. The molecule has 0 fully saturated rings. The highest BCUT2D eigenvalue weighted by molar-refractivity contribution is 6.06. The predicted octanol–water partition coefficient (Wildman–Crippen LogP) is 4.89. The lowest BCUT2D eigenvalue weighted by Crippen LogP contribution is -1.93. The first-order valence-corrected chi connectivity index (χ1v) is 7.36. The fourth-order valence-electron chi connectivity index (χ4n) is 2.30. The van der Waals surface area contributed by atoms with Crippen molar-refractivity contribution in [1.29, 1.82) is 0 Å². The molecule has 6 heteroatoms. The molecule has 0 aliphatic carbocycles. The lowest BCUT2D eigenvalue weighted by Gasteiger charge is -1.98. The van der Waals surface area contributed by atoms with E-state index in [9.17, 15) is 19.3 Å². The zero-order chi connectivity index (χ0) is 17.8. The van der Waals surface area contributed by atoms with Crippen LogP contribution in [0.1, 0.15) is 16.1 Å². The standard InChI is InChI=1S/C19H12FNO4/c20-14-7-5-13(6-8-14)18(22)11-9-15-10-12-19(25-15)16-3-1-2-4-17(16)21(23)24/h1-12H. The van der Waals surface area contributed by atoms with Gasteiger partial charge >= 0.3 is 0 Å². The average molecular weight is 337 g/mol. The molecule has 124 valence electrons. The molecule has 25 heavy (non-hydrogen) atoms. The average Bonchev–Trinajstić information content (AvgIpc) is 3.09. The van der Waals surface area contributed by atoms with Gasteiger partial charge in [-0.05, 0) is 54.6 Å². The number of benzene rings is 2. The van der Waals surface area contributed by atoms with Crippen molar-refractivity contribution in [2.45, 2.75) is 0 Å². The number of hydrogen-bond acceptors (Lipinski definition) is 4. The van der Waals surface area contributed by atoms with Gasteiger partial charge in [-0.1, -0.05) is 12.1 Å². The second-order valence-corrected chi connectivity index (χ2v) is 5.18. The molecular weight excluding hydrogens is 325 g/mol. The minimum Gasteiger partial charge on any atom is -0.456 e. The molecule has 0 bridgehead atoms. The van der Waals surface area contributed by atoms with E-state index in [1.54, 1.807) is 30.3 Å². The molecule has 0 amide bonds. The minimum absolute atomic E-state index is 0.0604. The Labute approximate surface area is 142 Å². The zero-order valence-electron chi connectivity index (χ0n) is 12.9. The van der Waals surface area contributed by atoms with Crippen LogP contribution < -0.4 is 0 Å². The van der Waals surface area contributed by atoms with Gasteiger partial charge in [0.1, 0.15) is 17.3 Å². The number of ketones is 1. The second-order valence-electron chi connectivity index (χ2n) is 5.18. The number of carbonyl (C=O) groups excluding carboxylic acids is 1. The van der Waals surface area contributed by atoms with Gasteiger partial charge in [-0.25, -0.2) is 4.39 Å². The van der Waals surface area contributed by atoms with Crippen molar-refractivity contribution >= 4 is 17.5 Å². The maximum Gasteiger partial charge on any atom is 0.280 e. The molecule has 0 atom stereocenters. The van der Waals surface area contributed by atoms with Crippen LogP contribution in [0.5, 0.6) is 0 Å². The number of halogens is 1. The van der Waals surface area contributed by atoms with E-state index >= 15 is 0 Å². The lowest BCUT2D eigenvalue weighted by molar-refractivity contribution is -0.384. The summed E-state index contributed by atoms with van der Waals surface area (Å²) < 4.78 is 18.4. The zero-order valence-corrected chi connectivity index (χ0v) is 12.9. The maximum atomic E-state index is 12.9. The van der Waals surface area contributed by atoms with Gasteiger partial charge in [-0.3, -0.25) is 14.9 Å². The SMILES string of the molecule is O=C(C=Cc1ccc(-c2ccccc2[N+](=O)[O-])o1)c1ccc(F)cc1. The third kappa shape index (κ3) is 3.69. The van der Waals surface area contributed by atoms with Crippen molar-refractivity contribution in [1.82, 2.24) is 0 Å². The highest BCUT2D eigenvalue weighted by Gasteiger charge is 2.16. The van der Waals surface area contributed by atoms with Gasteiger partial charge in [0.15, 0.2) is 5.78 Å². The van der Waals surface area contributed by atoms with Crippen LogP contribution in [0.2, 0.25) is 0 Å². The van der Waals surface area contributed by atoms with Gasteiger partial charge in [-0.15, -0.1) is 0 Å². The van der Waals surface area contributed by atoms with E-state index in [1.807, 2.05) is 0 Å². The molecule has 0 radical (unpaired) electrons. The largest absolute Gasteiger partial charge is 0.456 e. The van der Waals surface area contributed by atoms with Crippen molar-refractivity contribution in [2.24, 2.45) is 0 Å². The number of hydrogen-bond donors (Lipinski definition) is 0. The van der Waals surface area contributed by atoms with Crippen LogP contribution in [0, 0.1) is 15.9 Å². The van der Waals surface area contributed by atoms with Crippen LogP contribution in [-0.4, -0.2) is 10.7 Å². The Bertz CT molecular complexity index is 958. The highest BCUT2D eigenvalue weighted by Crippen LogP contribution is 2.31. The van der Waals surface area contributed by atoms with Crippen molar-refractivity contribution in [3.8, 4) is 11.3 Å². The molecular formula is C19H12FNO4. The molecule has 2 aromatic carbocycles. The molecule has 3 rings (SSSR count). The third-order valence-corrected chi connectivity index (χ3v) is 3.52. The molecule has 3 aromatic rings. The Morgan fingerprint density at radius 3 is 2.48 bits per heavy atom. The highest BCUT2D eigenvalue weighted by atomic mass is 19.1. The lowest BCUT2D eigenvalue weighted by atomic mass is 10.1. The molecule has 1 heterocycles. The van der Waals surface area contributed by atoms with Crippen molar-refractivity contribution < 1.29 is 18.5 Å². The predicted molar refractivity (Wildman–Crippen MR) is 90.6 cm³/mol. The molecule has 0 aliphatic heterocycles. The fraction of sp³-hybridized carbons (Fsp3) is 0. The summed E-state index contributed by atoms with van der Waals surface area (Å²) in [6, 6.07) is 14.7.